The summed E-state index contributed by atoms with van der Waals surface area (Å²) in [6.07, 6.45) is 2.20. The number of methoxy groups -OCH3 is 1. The van der Waals surface area contributed by atoms with Crippen LogP contribution in [0.3, 0.4) is 0 Å². The van der Waals surface area contributed by atoms with Crippen LogP contribution in [0.25, 0.3) is 0 Å². The first-order valence-electron chi connectivity index (χ1n) is 5.15. The summed E-state index contributed by atoms with van der Waals surface area (Å²) in [7, 11) is 3.49. The summed E-state index contributed by atoms with van der Waals surface area (Å²) < 4.78 is 4.95. The normalized spacial score (nSPS) is 10.3. The van der Waals surface area contributed by atoms with Crippen molar-refractivity contribution in [2.24, 2.45) is 0 Å². The predicted molar refractivity (Wildman–Crippen MR) is 66.0 cm³/mol. The number of halogens is 1. The molecule has 94 valence electrons. The van der Waals surface area contributed by atoms with E-state index in [9.17, 15) is 4.79 Å². The van der Waals surface area contributed by atoms with Crippen molar-refractivity contribution < 1.29 is 14.6 Å². The first-order chi connectivity index (χ1) is 8.06. The third kappa shape index (κ3) is 3.87. The van der Waals surface area contributed by atoms with Gasteiger partial charge < -0.3 is 14.7 Å². The molecule has 1 rings (SSSR count). The number of rotatable bonds is 6. The van der Waals surface area contributed by atoms with E-state index < -0.39 is 5.97 Å². The van der Waals surface area contributed by atoms with Crippen LogP contribution in [0.4, 0.5) is 5.82 Å². The van der Waals surface area contributed by atoms with Crippen LogP contribution in [0.15, 0.2) is 12.3 Å². The van der Waals surface area contributed by atoms with Crippen molar-refractivity contribution in [2.45, 2.75) is 6.42 Å². The van der Waals surface area contributed by atoms with E-state index in [-0.39, 0.29) is 10.6 Å². The number of hydrogen-bond acceptors (Lipinski definition) is 4. The Kier molecular flexibility index (Phi) is 5.18. The summed E-state index contributed by atoms with van der Waals surface area (Å²) in [5.41, 5.74) is 0.0651. The Hall–Kier alpha value is -1.33. The average molecular weight is 259 g/mol. The van der Waals surface area contributed by atoms with Gasteiger partial charge in [-0.05, 0) is 12.5 Å². The van der Waals surface area contributed by atoms with Crippen LogP contribution in [0.5, 0.6) is 0 Å². The molecule has 17 heavy (non-hydrogen) atoms. The SMILES string of the molecule is COCCCN(C)c1cc(C(=O)O)c(Cl)cn1. The maximum Gasteiger partial charge on any atom is 0.337 e. The topological polar surface area (TPSA) is 62.7 Å². The maximum absolute atomic E-state index is 10.9. The number of aromatic nitrogens is 1. The van der Waals surface area contributed by atoms with Gasteiger partial charge in [-0.3, -0.25) is 0 Å². The quantitative estimate of drug-likeness (QED) is 0.790. The van der Waals surface area contributed by atoms with Crippen LogP contribution in [0.1, 0.15) is 16.8 Å². The first kappa shape index (κ1) is 13.7. The molecule has 0 unspecified atom stereocenters. The number of pyridine rings is 1. The van der Waals surface area contributed by atoms with Crippen molar-refractivity contribution in [3.8, 4) is 0 Å². The number of carboxylic acid groups (broad SMARTS) is 1. The average Bonchev–Trinajstić information content (AvgIpc) is 2.29. The van der Waals surface area contributed by atoms with Gasteiger partial charge in [0.1, 0.15) is 5.82 Å². The van der Waals surface area contributed by atoms with Gasteiger partial charge >= 0.3 is 5.97 Å². The molecule has 0 spiro atoms. The molecule has 0 fully saturated rings. The van der Waals surface area contributed by atoms with Gasteiger partial charge in [-0.15, -0.1) is 0 Å². The van der Waals surface area contributed by atoms with Gasteiger partial charge in [-0.25, -0.2) is 9.78 Å². The van der Waals surface area contributed by atoms with E-state index in [0.29, 0.717) is 12.4 Å². The van der Waals surface area contributed by atoms with Crippen molar-refractivity contribution in [1.29, 1.82) is 0 Å². The summed E-state index contributed by atoms with van der Waals surface area (Å²) in [5.74, 6) is -0.466. The summed E-state index contributed by atoms with van der Waals surface area (Å²) >= 11 is 5.74. The smallest absolute Gasteiger partial charge is 0.337 e. The van der Waals surface area contributed by atoms with Crippen LogP contribution in [-0.2, 0) is 4.74 Å². The minimum atomic E-state index is -1.05. The van der Waals surface area contributed by atoms with Crippen LogP contribution >= 0.6 is 11.6 Å². The molecule has 1 aromatic rings. The second-order valence-electron chi connectivity index (χ2n) is 3.60. The molecule has 0 atom stereocenters. The number of anilines is 1. The summed E-state index contributed by atoms with van der Waals surface area (Å²) in [4.78, 5) is 16.9. The van der Waals surface area contributed by atoms with E-state index >= 15 is 0 Å². The molecule has 0 amide bonds. The van der Waals surface area contributed by atoms with Crippen molar-refractivity contribution in [3.05, 3.63) is 22.8 Å². The van der Waals surface area contributed by atoms with E-state index in [4.69, 9.17) is 21.4 Å². The molecular formula is C11H15ClN2O3. The van der Waals surface area contributed by atoms with Gasteiger partial charge in [0.05, 0.1) is 10.6 Å². The number of aromatic carboxylic acids is 1. The molecule has 0 aromatic carbocycles. The largest absolute Gasteiger partial charge is 0.478 e. The van der Waals surface area contributed by atoms with Gasteiger partial charge in [0.2, 0.25) is 0 Å². The predicted octanol–water partition coefficient (Wildman–Crippen LogP) is 1.91. The van der Waals surface area contributed by atoms with E-state index in [2.05, 4.69) is 4.98 Å². The van der Waals surface area contributed by atoms with Gasteiger partial charge in [0, 0.05) is 33.5 Å². The highest BCUT2D eigenvalue weighted by atomic mass is 35.5. The molecule has 5 nitrogen and oxygen atoms in total. The molecule has 0 saturated carbocycles. The van der Waals surface area contributed by atoms with Crippen LogP contribution in [-0.4, -0.2) is 43.4 Å². The van der Waals surface area contributed by atoms with Gasteiger partial charge in [0.15, 0.2) is 0 Å². The molecule has 0 aliphatic rings. The lowest BCUT2D eigenvalue weighted by Gasteiger charge is -2.18. The number of nitrogens with zero attached hydrogens (tertiary/aromatic N) is 2. The molecule has 0 radical (unpaired) electrons. The van der Waals surface area contributed by atoms with E-state index in [1.807, 2.05) is 11.9 Å². The van der Waals surface area contributed by atoms with Gasteiger partial charge in [0.25, 0.3) is 0 Å². The summed E-state index contributed by atoms with van der Waals surface area (Å²) in [6.45, 7) is 1.39. The second kappa shape index (κ2) is 6.42. The highest BCUT2D eigenvalue weighted by Gasteiger charge is 2.12. The fourth-order valence-electron chi connectivity index (χ4n) is 1.36. The Balaban J connectivity index is 2.77. The standard InChI is InChI=1S/C11H15ClN2O3/c1-14(4-3-5-17-2)10-6-8(11(15)16)9(12)7-13-10/h6-7H,3-5H2,1-2H3,(H,15,16). The molecule has 1 heterocycles. The van der Waals surface area contributed by atoms with Crippen LogP contribution in [0, 0.1) is 0 Å². The zero-order chi connectivity index (χ0) is 12.8. The maximum atomic E-state index is 10.9. The van der Waals surface area contributed by atoms with E-state index in [0.717, 1.165) is 13.0 Å². The minimum absolute atomic E-state index is 0.0651. The number of carboxylic acids is 1. The molecule has 1 aromatic heterocycles. The Bertz CT molecular complexity index is 398. The molecule has 0 aliphatic carbocycles. The second-order valence-corrected chi connectivity index (χ2v) is 4.00. The van der Waals surface area contributed by atoms with Crippen molar-refractivity contribution in [2.75, 3.05) is 32.2 Å². The molecule has 1 N–H and O–H groups in total. The lowest BCUT2D eigenvalue weighted by atomic mass is 10.2. The summed E-state index contributed by atoms with van der Waals surface area (Å²) in [5, 5.41) is 9.08. The monoisotopic (exact) mass is 258 g/mol. The van der Waals surface area contributed by atoms with Crippen LogP contribution < -0.4 is 4.90 Å². The van der Waals surface area contributed by atoms with Gasteiger partial charge in [-0.1, -0.05) is 11.6 Å². The van der Waals surface area contributed by atoms with Crippen LogP contribution in [0.2, 0.25) is 5.02 Å². The highest BCUT2D eigenvalue weighted by molar-refractivity contribution is 6.33. The lowest BCUT2D eigenvalue weighted by molar-refractivity contribution is 0.0697. The lowest BCUT2D eigenvalue weighted by Crippen LogP contribution is -2.21. The van der Waals surface area contributed by atoms with Gasteiger partial charge in [-0.2, -0.15) is 0 Å². The Morgan fingerprint density at radius 1 is 1.65 bits per heavy atom. The zero-order valence-electron chi connectivity index (χ0n) is 9.81. The third-order valence-corrected chi connectivity index (χ3v) is 2.61. The first-order valence-corrected chi connectivity index (χ1v) is 5.53. The van der Waals surface area contributed by atoms with Crippen molar-refractivity contribution in [1.82, 2.24) is 4.98 Å². The molecule has 0 saturated heterocycles. The zero-order valence-corrected chi connectivity index (χ0v) is 10.6. The fraction of sp³-hybridized carbons (Fsp3) is 0.455. The minimum Gasteiger partial charge on any atom is -0.478 e. The Morgan fingerprint density at radius 2 is 2.35 bits per heavy atom. The highest BCUT2D eigenvalue weighted by Crippen LogP contribution is 2.19. The molecule has 6 heteroatoms. The Labute approximate surface area is 105 Å². The summed E-state index contributed by atoms with van der Waals surface area (Å²) in [6, 6.07) is 1.47. The van der Waals surface area contributed by atoms with Crippen molar-refractivity contribution >= 4 is 23.4 Å². The van der Waals surface area contributed by atoms with E-state index in [1.54, 1.807) is 7.11 Å². The molecular weight excluding hydrogens is 244 g/mol. The van der Waals surface area contributed by atoms with Crippen molar-refractivity contribution in [3.63, 3.8) is 0 Å². The molecule has 0 aliphatic heterocycles. The molecule has 0 bridgehead atoms. The number of hydrogen-bond donors (Lipinski definition) is 1. The number of ether oxygens (including phenoxy) is 1. The Morgan fingerprint density at radius 3 is 2.94 bits per heavy atom. The fourth-order valence-corrected chi connectivity index (χ4v) is 1.55. The third-order valence-electron chi connectivity index (χ3n) is 2.30. The number of carbonyl (C=O) groups is 1. The van der Waals surface area contributed by atoms with E-state index in [1.165, 1.54) is 12.3 Å².